The lowest BCUT2D eigenvalue weighted by molar-refractivity contribution is -0.143. The van der Waals surface area contributed by atoms with E-state index in [2.05, 4.69) is 4.98 Å². The molecule has 5 aromatic rings. The van der Waals surface area contributed by atoms with Gasteiger partial charge in [0.1, 0.15) is 17.6 Å². The zero-order valence-electron chi connectivity index (χ0n) is 16.3. The van der Waals surface area contributed by atoms with Crippen LogP contribution in [0.3, 0.4) is 0 Å². The number of fused-ring (bicyclic) bond motifs is 4. The Balaban J connectivity index is 1.30. The number of ketones is 1. The number of carbonyl (C=O) groups is 2. The van der Waals surface area contributed by atoms with Crippen LogP contribution in [0.2, 0.25) is 0 Å². The normalized spacial score (nSPS) is 11.2. The fraction of sp³-hybridized carbons (Fsp3) is 0.0833. The minimum atomic E-state index is -0.714. The SMILES string of the molecule is O=C(Cn1cnc2c(oc3ccccc32)c1=O)OCC(=O)c1ccc2ccccc2c1. The fourth-order valence-corrected chi connectivity index (χ4v) is 3.50. The van der Waals surface area contributed by atoms with Gasteiger partial charge in [-0.3, -0.25) is 19.0 Å². The van der Waals surface area contributed by atoms with E-state index in [1.54, 1.807) is 24.3 Å². The third kappa shape index (κ3) is 3.46. The van der Waals surface area contributed by atoms with Crippen LogP contribution >= 0.6 is 0 Å². The first kappa shape index (κ1) is 18.7. The number of para-hydroxylation sites is 1. The number of ether oxygens (including phenoxy) is 1. The largest absolute Gasteiger partial charge is 0.456 e. The van der Waals surface area contributed by atoms with Crippen LogP contribution in [-0.2, 0) is 16.1 Å². The molecule has 2 heterocycles. The van der Waals surface area contributed by atoms with E-state index in [0.29, 0.717) is 16.7 Å². The molecule has 0 radical (unpaired) electrons. The Bertz CT molecular complexity index is 1530. The van der Waals surface area contributed by atoms with Crippen LogP contribution in [0, 0.1) is 0 Å². The van der Waals surface area contributed by atoms with Crippen molar-refractivity contribution in [2.45, 2.75) is 6.54 Å². The molecule has 0 aliphatic carbocycles. The summed E-state index contributed by atoms with van der Waals surface area (Å²) in [6.07, 6.45) is 1.28. The Kier molecular flexibility index (Phi) is 4.55. The van der Waals surface area contributed by atoms with Crippen LogP contribution in [0.4, 0.5) is 0 Å². The fourth-order valence-electron chi connectivity index (χ4n) is 3.50. The first-order chi connectivity index (χ1) is 15.1. The molecule has 0 unspecified atom stereocenters. The lowest BCUT2D eigenvalue weighted by Crippen LogP contribution is -2.26. The summed E-state index contributed by atoms with van der Waals surface area (Å²) < 4.78 is 11.8. The number of esters is 1. The highest BCUT2D eigenvalue weighted by molar-refractivity contribution is 6.02. The third-order valence-electron chi connectivity index (χ3n) is 5.09. The summed E-state index contributed by atoms with van der Waals surface area (Å²) in [4.78, 5) is 41.6. The zero-order valence-corrected chi connectivity index (χ0v) is 16.3. The van der Waals surface area contributed by atoms with Crippen molar-refractivity contribution in [2.75, 3.05) is 6.61 Å². The number of benzene rings is 3. The number of nitrogens with zero attached hydrogens (tertiary/aromatic N) is 2. The van der Waals surface area contributed by atoms with Crippen molar-refractivity contribution in [3.05, 3.63) is 89.0 Å². The molecule has 0 spiro atoms. The third-order valence-corrected chi connectivity index (χ3v) is 5.09. The van der Waals surface area contributed by atoms with Gasteiger partial charge in [-0.2, -0.15) is 0 Å². The number of carbonyl (C=O) groups excluding carboxylic acids is 2. The predicted molar refractivity (Wildman–Crippen MR) is 115 cm³/mol. The van der Waals surface area contributed by atoms with Crippen molar-refractivity contribution >= 4 is 44.6 Å². The van der Waals surface area contributed by atoms with Crippen molar-refractivity contribution in [3.63, 3.8) is 0 Å². The lowest BCUT2D eigenvalue weighted by atomic mass is 10.0. The highest BCUT2D eigenvalue weighted by atomic mass is 16.5. The van der Waals surface area contributed by atoms with E-state index < -0.39 is 18.1 Å². The maximum atomic E-state index is 12.7. The molecule has 0 N–H and O–H groups in total. The van der Waals surface area contributed by atoms with Crippen LogP contribution in [0.1, 0.15) is 10.4 Å². The van der Waals surface area contributed by atoms with E-state index in [-0.39, 0.29) is 17.9 Å². The molecule has 5 rings (SSSR count). The van der Waals surface area contributed by atoms with E-state index >= 15 is 0 Å². The van der Waals surface area contributed by atoms with Gasteiger partial charge in [0, 0.05) is 10.9 Å². The summed E-state index contributed by atoms with van der Waals surface area (Å²) >= 11 is 0. The van der Waals surface area contributed by atoms with E-state index in [1.807, 2.05) is 42.5 Å². The van der Waals surface area contributed by atoms with Gasteiger partial charge in [0.05, 0.1) is 6.33 Å². The standard InChI is InChI=1S/C24H16N2O5/c27-19(17-10-9-15-5-1-2-6-16(15)11-17)13-30-21(28)12-26-14-25-22-18-7-3-4-8-20(18)31-23(22)24(26)29/h1-11,14H,12-13H2. The molecule has 0 aliphatic heterocycles. The molecule has 0 bridgehead atoms. The molecule has 0 atom stereocenters. The summed E-state index contributed by atoms with van der Waals surface area (Å²) in [6.45, 7) is -0.782. The Morgan fingerprint density at radius 1 is 0.968 bits per heavy atom. The van der Waals surface area contributed by atoms with Crippen LogP contribution in [-0.4, -0.2) is 27.9 Å². The number of Topliss-reactive ketones (excluding diaryl/α,β-unsaturated/α-hetero) is 1. The van der Waals surface area contributed by atoms with Gasteiger partial charge in [0.2, 0.25) is 5.58 Å². The maximum Gasteiger partial charge on any atom is 0.326 e. The van der Waals surface area contributed by atoms with Crippen molar-refractivity contribution in [2.24, 2.45) is 0 Å². The molecule has 0 saturated carbocycles. The smallest absolute Gasteiger partial charge is 0.326 e. The van der Waals surface area contributed by atoms with E-state index in [9.17, 15) is 14.4 Å². The highest BCUT2D eigenvalue weighted by Gasteiger charge is 2.16. The molecule has 7 heteroatoms. The van der Waals surface area contributed by atoms with E-state index in [0.717, 1.165) is 20.7 Å². The number of aromatic nitrogens is 2. The molecule has 0 fully saturated rings. The van der Waals surface area contributed by atoms with Crippen molar-refractivity contribution in [3.8, 4) is 0 Å². The second kappa shape index (κ2) is 7.53. The second-order valence-electron chi connectivity index (χ2n) is 7.10. The highest BCUT2D eigenvalue weighted by Crippen LogP contribution is 2.24. The van der Waals surface area contributed by atoms with Gasteiger partial charge in [-0.15, -0.1) is 0 Å². The van der Waals surface area contributed by atoms with Gasteiger partial charge in [0.15, 0.2) is 12.4 Å². The topological polar surface area (TPSA) is 91.4 Å². The zero-order chi connectivity index (χ0) is 21.4. The maximum absolute atomic E-state index is 12.7. The first-order valence-corrected chi connectivity index (χ1v) is 9.64. The van der Waals surface area contributed by atoms with Crippen molar-refractivity contribution in [1.29, 1.82) is 0 Å². The molecule has 0 amide bonds. The monoisotopic (exact) mass is 412 g/mol. The number of hydrogen-bond acceptors (Lipinski definition) is 6. The quantitative estimate of drug-likeness (QED) is 0.323. The first-order valence-electron chi connectivity index (χ1n) is 9.64. The van der Waals surface area contributed by atoms with Gasteiger partial charge in [-0.1, -0.05) is 48.5 Å². The van der Waals surface area contributed by atoms with Crippen LogP contribution in [0.15, 0.2) is 82.3 Å². The molecule has 152 valence electrons. The van der Waals surface area contributed by atoms with Gasteiger partial charge >= 0.3 is 5.97 Å². The minimum Gasteiger partial charge on any atom is -0.456 e. The lowest BCUT2D eigenvalue weighted by Gasteiger charge is -2.07. The average molecular weight is 412 g/mol. The summed E-state index contributed by atoms with van der Waals surface area (Å²) in [5.41, 5.74) is 1.02. The summed E-state index contributed by atoms with van der Waals surface area (Å²) in [7, 11) is 0. The van der Waals surface area contributed by atoms with Crippen LogP contribution in [0.5, 0.6) is 0 Å². The number of furan rings is 1. The summed E-state index contributed by atoms with van der Waals surface area (Å²) in [6, 6.07) is 20.2. The average Bonchev–Trinajstić information content (AvgIpc) is 3.18. The van der Waals surface area contributed by atoms with E-state index in [4.69, 9.17) is 9.15 Å². The molecule has 3 aromatic carbocycles. The Morgan fingerprint density at radius 3 is 2.61 bits per heavy atom. The van der Waals surface area contributed by atoms with Crippen molar-refractivity contribution in [1.82, 2.24) is 9.55 Å². The van der Waals surface area contributed by atoms with Crippen molar-refractivity contribution < 1.29 is 18.7 Å². The van der Waals surface area contributed by atoms with Gasteiger partial charge in [-0.05, 0) is 29.0 Å². The van der Waals surface area contributed by atoms with Crippen LogP contribution < -0.4 is 5.56 Å². The summed E-state index contributed by atoms with van der Waals surface area (Å²) in [5, 5.41) is 2.67. The Labute approximate surface area is 175 Å². The van der Waals surface area contributed by atoms with E-state index in [1.165, 1.54) is 6.33 Å². The molecule has 2 aromatic heterocycles. The summed E-state index contributed by atoms with van der Waals surface area (Å²) in [5.74, 6) is -1.04. The predicted octanol–water partition coefficient (Wildman–Crippen LogP) is 3.72. The molecule has 0 saturated heterocycles. The van der Waals surface area contributed by atoms with Gasteiger partial charge in [-0.25, -0.2) is 4.98 Å². The number of hydrogen-bond donors (Lipinski definition) is 0. The molecular formula is C24H16N2O5. The van der Waals surface area contributed by atoms with Crippen LogP contribution in [0.25, 0.3) is 32.8 Å². The minimum absolute atomic E-state index is 0.0729. The number of rotatable bonds is 5. The molecule has 7 nitrogen and oxygen atoms in total. The van der Waals surface area contributed by atoms with Gasteiger partial charge < -0.3 is 9.15 Å². The van der Waals surface area contributed by atoms with Gasteiger partial charge in [0.25, 0.3) is 5.56 Å². The molecule has 0 aliphatic rings. The second-order valence-corrected chi connectivity index (χ2v) is 7.10. The molecule has 31 heavy (non-hydrogen) atoms. The Hall–Kier alpha value is -4.26. The molecular weight excluding hydrogens is 396 g/mol. The Morgan fingerprint density at radius 2 is 1.74 bits per heavy atom.